The summed E-state index contributed by atoms with van der Waals surface area (Å²) in [6.07, 6.45) is 0. The molecule has 11 aromatic rings. The number of hydrogen-bond donors (Lipinski definition) is 0. The van der Waals surface area contributed by atoms with Crippen LogP contribution in [0.2, 0.25) is 0 Å². The van der Waals surface area contributed by atoms with Crippen molar-refractivity contribution < 1.29 is 8.83 Å². The van der Waals surface area contributed by atoms with E-state index in [0.717, 1.165) is 94.3 Å². The molecule has 0 radical (unpaired) electrons. The Labute approximate surface area is 355 Å². The molecule has 0 aliphatic heterocycles. The van der Waals surface area contributed by atoms with E-state index in [9.17, 15) is 0 Å². The molecule has 0 fully saturated rings. The van der Waals surface area contributed by atoms with Gasteiger partial charge in [-0.05, 0) is 207 Å². The summed E-state index contributed by atoms with van der Waals surface area (Å²) in [7, 11) is 0. The monoisotopic (exact) mass is 790 g/mol. The van der Waals surface area contributed by atoms with Crippen LogP contribution >= 0.6 is 0 Å². The van der Waals surface area contributed by atoms with E-state index in [4.69, 9.17) is 8.83 Å². The highest BCUT2D eigenvalue weighted by Gasteiger charge is 2.21. The second kappa shape index (κ2) is 13.9. The SMILES string of the molecule is Cc1cc(N(c2ccccc2)c2ccc3cc4c(cc3c2)oc2c(C)c3oc5cc6cc(N(c7ccccc7)c7cc(C)c(C)c(C)c7)ccc6cc5c3cc24)cc(C)c1C. The van der Waals surface area contributed by atoms with Gasteiger partial charge in [0.15, 0.2) is 0 Å². The summed E-state index contributed by atoms with van der Waals surface area (Å²) in [5.74, 6) is 0. The van der Waals surface area contributed by atoms with Gasteiger partial charge in [-0.3, -0.25) is 0 Å². The fourth-order valence-corrected chi connectivity index (χ4v) is 9.39. The molecule has 0 saturated heterocycles. The molecule has 0 spiro atoms. The lowest BCUT2D eigenvalue weighted by atomic mass is 10.00. The Balaban J connectivity index is 1.02. The van der Waals surface area contributed by atoms with Crippen molar-refractivity contribution in [2.24, 2.45) is 0 Å². The largest absolute Gasteiger partial charge is 0.456 e. The Morgan fingerprint density at radius 2 is 0.689 bits per heavy atom. The van der Waals surface area contributed by atoms with Gasteiger partial charge >= 0.3 is 0 Å². The molecule has 0 atom stereocenters. The van der Waals surface area contributed by atoms with Crippen molar-refractivity contribution in [2.75, 3.05) is 9.80 Å². The molecule has 61 heavy (non-hydrogen) atoms. The van der Waals surface area contributed by atoms with Crippen molar-refractivity contribution in [1.29, 1.82) is 0 Å². The first-order chi connectivity index (χ1) is 29.6. The van der Waals surface area contributed by atoms with Crippen molar-refractivity contribution in [2.45, 2.75) is 48.5 Å². The third-order valence-corrected chi connectivity index (χ3v) is 13.2. The van der Waals surface area contributed by atoms with Gasteiger partial charge in [0.25, 0.3) is 0 Å². The Bertz CT molecular complexity index is 3280. The zero-order valence-electron chi connectivity index (χ0n) is 35.6. The van der Waals surface area contributed by atoms with Gasteiger partial charge in [-0.2, -0.15) is 0 Å². The quantitative estimate of drug-likeness (QED) is 0.168. The van der Waals surface area contributed by atoms with Gasteiger partial charge < -0.3 is 18.6 Å². The van der Waals surface area contributed by atoms with Gasteiger partial charge in [0.1, 0.15) is 22.3 Å². The van der Waals surface area contributed by atoms with Gasteiger partial charge in [-0.1, -0.05) is 48.5 Å². The molecule has 0 amide bonds. The molecular weight excluding hydrogens is 745 g/mol. The van der Waals surface area contributed by atoms with E-state index in [1.165, 1.54) is 44.2 Å². The molecule has 0 bridgehead atoms. The molecule has 4 heteroatoms. The number of hydrogen-bond acceptors (Lipinski definition) is 4. The normalized spacial score (nSPS) is 11.9. The summed E-state index contributed by atoms with van der Waals surface area (Å²) in [5.41, 5.74) is 19.0. The fourth-order valence-electron chi connectivity index (χ4n) is 9.39. The number of nitrogens with zero attached hydrogens (tertiary/aromatic N) is 2. The van der Waals surface area contributed by atoms with E-state index >= 15 is 0 Å². The highest BCUT2D eigenvalue weighted by atomic mass is 16.3. The number of benzene rings is 9. The van der Waals surface area contributed by atoms with Crippen LogP contribution in [0, 0.1) is 48.5 Å². The lowest BCUT2D eigenvalue weighted by Gasteiger charge is -2.27. The highest BCUT2D eigenvalue weighted by Crippen LogP contribution is 2.44. The molecule has 11 rings (SSSR count). The minimum Gasteiger partial charge on any atom is -0.456 e. The Morgan fingerprint density at radius 1 is 0.295 bits per heavy atom. The van der Waals surface area contributed by atoms with Crippen LogP contribution in [0.15, 0.2) is 160 Å². The average molecular weight is 791 g/mol. The summed E-state index contributed by atoms with van der Waals surface area (Å²) in [4.78, 5) is 4.70. The summed E-state index contributed by atoms with van der Waals surface area (Å²) in [6, 6.07) is 55.2. The van der Waals surface area contributed by atoms with E-state index in [1.807, 2.05) is 0 Å². The number of aryl methyl sites for hydroxylation is 5. The zero-order chi connectivity index (χ0) is 41.7. The van der Waals surface area contributed by atoms with Crippen LogP contribution in [0.5, 0.6) is 0 Å². The maximum absolute atomic E-state index is 6.76. The predicted octanol–water partition coefficient (Wildman–Crippen LogP) is 16.9. The maximum atomic E-state index is 6.76. The van der Waals surface area contributed by atoms with Crippen LogP contribution in [0.3, 0.4) is 0 Å². The second-order valence-corrected chi connectivity index (χ2v) is 17.0. The van der Waals surface area contributed by atoms with Crippen LogP contribution in [0.4, 0.5) is 34.1 Å². The fraction of sp³-hybridized carbons (Fsp3) is 0.123. The van der Waals surface area contributed by atoms with E-state index in [2.05, 4.69) is 210 Å². The first-order valence-corrected chi connectivity index (χ1v) is 21.2. The molecule has 2 heterocycles. The van der Waals surface area contributed by atoms with Gasteiger partial charge in [0, 0.05) is 61.2 Å². The lowest BCUT2D eigenvalue weighted by molar-refractivity contribution is 0.651. The Morgan fingerprint density at radius 3 is 1.08 bits per heavy atom. The highest BCUT2D eigenvalue weighted by molar-refractivity contribution is 6.20. The van der Waals surface area contributed by atoms with Crippen molar-refractivity contribution in [3.05, 3.63) is 191 Å². The van der Waals surface area contributed by atoms with Crippen molar-refractivity contribution >= 4 is 99.5 Å². The van der Waals surface area contributed by atoms with Crippen LogP contribution in [0.25, 0.3) is 65.4 Å². The lowest BCUT2D eigenvalue weighted by Crippen LogP contribution is -2.10. The summed E-state index contributed by atoms with van der Waals surface area (Å²) >= 11 is 0. The van der Waals surface area contributed by atoms with E-state index in [-0.39, 0.29) is 0 Å². The summed E-state index contributed by atoms with van der Waals surface area (Å²) in [6.45, 7) is 15.3. The standard InChI is InChI=1S/C57H46N2O2/c1-33-22-48(23-34(2)37(33)5)58(44-14-10-8-11-15-44)46-20-18-40-28-50-52-32-53-51-29-41-19-21-47(59(45-16-12-9-13-17-45)49-24-35(3)38(6)36(4)25-49)27-43(41)31-55(51)61-57(53)39(7)56(52)60-54(50)30-42(40)26-46/h8-32H,1-7H3. The molecular formula is C57H46N2O2. The second-order valence-electron chi connectivity index (χ2n) is 17.0. The minimum atomic E-state index is 0.864. The van der Waals surface area contributed by atoms with Crippen LogP contribution in [-0.2, 0) is 0 Å². The van der Waals surface area contributed by atoms with E-state index in [0.29, 0.717) is 0 Å². The smallest absolute Gasteiger partial charge is 0.142 e. The van der Waals surface area contributed by atoms with Gasteiger partial charge in [-0.25, -0.2) is 0 Å². The predicted molar refractivity (Wildman–Crippen MR) is 259 cm³/mol. The molecule has 296 valence electrons. The maximum Gasteiger partial charge on any atom is 0.142 e. The van der Waals surface area contributed by atoms with Gasteiger partial charge in [-0.15, -0.1) is 0 Å². The van der Waals surface area contributed by atoms with Crippen molar-refractivity contribution in [3.63, 3.8) is 0 Å². The van der Waals surface area contributed by atoms with Crippen LogP contribution in [-0.4, -0.2) is 0 Å². The number of anilines is 6. The zero-order valence-corrected chi connectivity index (χ0v) is 35.6. The summed E-state index contributed by atoms with van der Waals surface area (Å²) in [5, 5.41) is 8.99. The van der Waals surface area contributed by atoms with Crippen molar-refractivity contribution in [1.82, 2.24) is 0 Å². The van der Waals surface area contributed by atoms with Gasteiger partial charge in [0.2, 0.25) is 0 Å². The molecule has 0 N–H and O–H groups in total. The van der Waals surface area contributed by atoms with E-state index in [1.54, 1.807) is 0 Å². The van der Waals surface area contributed by atoms with Crippen LogP contribution < -0.4 is 9.80 Å². The number of furan rings is 2. The average Bonchev–Trinajstić information content (AvgIpc) is 3.81. The van der Waals surface area contributed by atoms with Crippen LogP contribution in [0.1, 0.15) is 38.9 Å². The molecule has 0 saturated carbocycles. The number of para-hydroxylation sites is 2. The van der Waals surface area contributed by atoms with Gasteiger partial charge in [0.05, 0.1) is 0 Å². The minimum absolute atomic E-state index is 0.864. The first-order valence-electron chi connectivity index (χ1n) is 21.2. The molecule has 9 aromatic carbocycles. The molecule has 0 unspecified atom stereocenters. The van der Waals surface area contributed by atoms with Crippen molar-refractivity contribution in [3.8, 4) is 0 Å². The first kappa shape index (κ1) is 36.8. The third-order valence-electron chi connectivity index (χ3n) is 13.2. The summed E-state index contributed by atoms with van der Waals surface area (Å²) < 4.78 is 13.5. The Kier molecular flexibility index (Phi) is 8.37. The number of rotatable bonds is 6. The topological polar surface area (TPSA) is 32.8 Å². The molecule has 4 nitrogen and oxygen atoms in total. The molecule has 0 aliphatic rings. The molecule has 2 aromatic heterocycles. The third kappa shape index (κ3) is 5.96. The van der Waals surface area contributed by atoms with E-state index < -0.39 is 0 Å². The molecule has 0 aliphatic carbocycles. The number of fused-ring (bicyclic) bond motifs is 8. The Hall–Kier alpha value is -7.30.